The molecule has 0 aliphatic carbocycles. The number of aromatic carboxylic acids is 1. The molecule has 8 heteroatoms. The van der Waals surface area contributed by atoms with Crippen molar-refractivity contribution in [2.24, 2.45) is 0 Å². The molecule has 7 nitrogen and oxygen atoms in total. The standard InChI is InChI=1S/C20H30O7S/c1-2-3-4-5-6-7-8-9-10-11-15-27-20(23)16-13-12-14-17(28(24,25)26)18(16)19(21)22/h12-14H,2-11,15H2,1H3,(H,21,22)(H,24,25,26). The number of carboxylic acid groups (broad SMARTS) is 1. The van der Waals surface area contributed by atoms with E-state index in [4.69, 9.17) is 9.29 Å². The molecule has 0 aromatic heterocycles. The van der Waals surface area contributed by atoms with E-state index >= 15 is 0 Å². The zero-order valence-corrected chi connectivity index (χ0v) is 17.2. The van der Waals surface area contributed by atoms with Gasteiger partial charge in [0.25, 0.3) is 10.1 Å². The topological polar surface area (TPSA) is 118 Å². The van der Waals surface area contributed by atoms with Gasteiger partial charge in [-0.1, -0.05) is 70.8 Å². The van der Waals surface area contributed by atoms with Gasteiger partial charge in [0.2, 0.25) is 0 Å². The molecule has 0 amide bonds. The van der Waals surface area contributed by atoms with Gasteiger partial charge in [0, 0.05) is 0 Å². The second-order valence-corrected chi connectivity index (χ2v) is 8.17. The van der Waals surface area contributed by atoms with Gasteiger partial charge in [0.1, 0.15) is 4.90 Å². The van der Waals surface area contributed by atoms with Crippen LogP contribution in [0.4, 0.5) is 0 Å². The minimum atomic E-state index is -4.77. The fourth-order valence-corrected chi connectivity index (χ4v) is 3.67. The highest BCUT2D eigenvalue weighted by Crippen LogP contribution is 2.21. The summed E-state index contributed by atoms with van der Waals surface area (Å²) in [5, 5.41) is 9.24. The van der Waals surface area contributed by atoms with Gasteiger partial charge in [-0.05, 0) is 18.6 Å². The van der Waals surface area contributed by atoms with Crippen molar-refractivity contribution in [3.05, 3.63) is 29.3 Å². The van der Waals surface area contributed by atoms with Crippen molar-refractivity contribution in [1.29, 1.82) is 0 Å². The normalized spacial score (nSPS) is 11.4. The van der Waals surface area contributed by atoms with Gasteiger partial charge >= 0.3 is 11.9 Å². The quantitative estimate of drug-likeness (QED) is 0.257. The Hall–Kier alpha value is -1.93. The first-order valence-corrected chi connectivity index (χ1v) is 11.2. The summed E-state index contributed by atoms with van der Waals surface area (Å²) in [6.45, 7) is 2.32. The fraction of sp³-hybridized carbons (Fsp3) is 0.600. The Labute approximate surface area is 166 Å². The number of unbranched alkanes of at least 4 members (excludes halogenated alkanes) is 9. The van der Waals surface area contributed by atoms with Gasteiger partial charge in [-0.2, -0.15) is 8.42 Å². The summed E-state index contributed by atoms with van der Waals surface area (Å²) in [7, 11) is -4.77. The molecule has 1 aromatic rings. The Morgan fingerprint density at radius 2 is 1.46 bits per heavy atom. The van der Waals surface area contributed by atoms with Crippen molar-refractivity contribution in [3.63, 3.8) is 0 Å². The van der Waals surface area contributed by atoms with Crippen molar-refractivity contribution in [1.82, 2.24) is 0 Å². The minimum absolute atomic E-state index is 0.129. The molecule has 0 fully saturated rings. The maximum Gasteiger partial charge on any atom is 0.339 e. The van der Waals surface area contributed by atoms with Crippen LogP contribution in [0.3, 0.4) is 0 Å². The Balaban J connectivity index is 2.41. The fourth-order valence-electron chi connectivity index (χ4n) is 2.97. The van der Waals surface area contributed by atoms with Gasteiger partial charge in [-0.25, -0.2) is 9.59 Å². The first kappa shape index (κ1) is 24.1. The lowest BCUT2D eigenvalue weighted by atomic mass is 10.1. The molecule has 28 heavy (non-hydrogen) atoms. The van der Waals surface area contributed by atoms with Crippen LogP contribution in [0, 0.1) is 0 Å². The molecular formula is C20H30O7S. The average molecular weight is 415 g/mol. The van der Waals surface area contributed by atoms with Crippen molar-refractivity contribution >= 4 is 22.1 Å². The summed E-state index contributed by atoms with van der Waals surface area (Å²) in [4.78, 5) is 22.7. The lowest BCUT2D eigenvalue weighted by Crippen LogP contribution is -2.16. The molecule has 0 radical (unpaired) electrons. The summed E-state index contributed by atoms with van der Waals surface area (Å²) in [5.41, 5.74) is -1.17. The summed E-state index contributed by atoms with van der Waals surface area (Å²) >= 11 is 0. The number of rotatable bonds is 14. The maximum absolute atomic E-state index is 12.1. The van der Waals surface area contributed by atoms with E-state index in [9.17, 15) is 23.1 Å². The summed E-state index contributed by atoms with van der Waals surface area (Å²) in [5.74, 6) is -2.54. The van der Waals surface area contributed by atoms with E-state index < -0.39 is 38.1 Å². The number of hydrogen-bond donors (Lipinski definition) is 2. The molecule has 0 saturated carbocycles. The predicted octanol–water partition coefficient (Wildman–Crippen LogP) is 4.71. The van der Waals surface area contributed by atoms with E-state index in [1.807, 2.05) is 0 Å². The highest BCUT2D eigenvalue weighted by molar-refractivity contribution is 7.86. The average Bonchev–Trinajstić information content (AvgIpc) is 2.64. The van der Waals surface area contributed by atoms with Crippen LogP contribution < -0.4 is 0 Å². The third-order valence-corrected chi connectivity index (χ3v) is 5.36. The van der Waals surface area contributed by atoms with Crippen LogP contribution in [-0.2, 0) is 14.9 Å². The van der Waals surface area contributed by atoms with E-state index in [1.54, 1.807) is 0 Å². The largest absolute Gasteiger partial charge is 0.478 e. The number of hydrogen-bond acceptors (Lipinski definition) is 5. The van der Waals surface area contributed by atoms with E-state index in [-0.39, 0.29) is 6.61 Å². The maximum atomic E-state index is 12.1. The van der Waals surface area contributed by atoms with Gasteiger partial charge in [0.05, 0.1) is 17.7 Å². The molecule has 158 valence electrons. The van der Waals surface area contributed by atoms with Crippen molar-refractivity contribution in [3.8, 4) is 0 Å². The highest BCUT2D eigenvalue weighted by atomic mass is 32.2. The SMILES string of the molecule is CCCCCCCCCCCCOC(=O)c1cccc(S(=O)(=O)O)c1C(=O)O. The van der Waals surface area contributed by atoms with E-state index in [0.717, 1.165) is 25.3 Å². The molecule has 1 aromatic carbocycles. The molecule has 0 unspecified atom stereocenters. The molecule has 0 spiro atoms. The number of esters is 1. The Kier molecular flexibility index (Phi) is 10.8. The zero-order valence-electron chi connectivity index (χ0n) is 16.4. The molecule has 0 aliphatic rings. The summed E-state index contributed by atoms with van der Waals surface area (Å²) in [6.07, 6.45) is 11.3. The molecule has 0 heterocycles. The molecule has 0 aliphatic heterocycles. The van der Waals surface area contributed by atoms with Crippen LogP contribution in [0.15, 0.2) is 23.1 Å². The predicted molar refractivity (Wildman–Crippen MR) is 105 cm³/mol. The molecule has 1 rings (SSSR count). The van der Waals surface area contributed by atoms with Crippen LogP contribution in [0.2, 0.25) is 0 Å². The Morgan fingerprint density at radius 1 is 0.929 bits per heavy atom. The van der Waals surface area contributed by atoms with Crippen LogP contribution in [-0.4, -0.2) is 36.6 Å². The van der Waals surface area contributed by atoms with Crippen LogP contribution >= 0.6 is 0 Å². The molecule has 0 saturated heterocycles. The monoisotopic (exact) mass is 414 g/mol. The minimum Gasteiger partial charge on any atom is -0.478 e. The number of carbonyl (C=O) groups is 2. The summed E-state index contributed by atoms with van der Waals surface area (Å²) < 4.78 is 36.9. The first-order chi connectivity index (χ1) is 13.3. The molecular weight excluding hydrogens is 384 g/mol. The molecule has 0 atom stereocenters. The summed E-state index contributed by atoms with van der Waals surface area (Å²) in [6, 6.07) is 3.28. The van der Waals surface area contributed by atoms with Crippen LogP contribution in [0.1, 0.15) is 91.8 Å². The molecule has 2 N–H and O–H groups in total. The van der Waals surface area contributed by atoms with Crippen molar-refractivity contribution in [2.75, 3.05) is 6.61 Å². The second kappa shape index (κ2) is 12.5. The van der Waals surface area contributed by atoms with Crippen LogP contribution in [0.25, 0.3) is 0 Å². The highest BCUT2D eigenvalue weighted by Gasteiger charge is 2.27. The third-order valence-electron chi connectivity index (χ3n) is 4.47. The van der Waals surface area contributed by atoms with Crippen molar-refractivity contribution < 1.29 is 32.4 Å². The van der Waals surface area contributed by atoms with E-state index in [2.05, 4.69) is 6.92 Å². The van der Waals surface area contributed by atoms with Crippen LogP contribution in [0.5, 0.6) is 0 Å². The van der Waals surface area contributed by atoms with Gasteiger partial charge < -0.3 is 9.84 Å². The van der Waals surface area contributed by atoms with Crippen molar-refractivity contribution in [2.45, 2.75) is 76.0 Å². The second-order valence-electron chi connectivity index (χ2n) is 6.78. The zero-order chi connectivity index (χ0) is 21.0. The van der Waals surface area contributed by atoms with E-state index in [1.165, 1.54) is 50.7 Å². The Bertz CT molecular complexity index is 741. The Morgan fingerprint density at radius 3 is 1.96 bits per heavy atom. The van der Waals surface area contributed by atoms with Gasteiger partial charge in [-0.3, -0.25) is 4.55 Å². The number of ether oxygens (including phenoxy) is 1. The van der Waals surface area contributed by atoms with E-state index in [0.29, 0.717) is 6.42 Å². The lowest BCUT2D eigenvalue weighted by Gasteiger charge is -2.10. The smallest absolute Gasteiger partial charge is 0.339 e. The number of carboxylic acids is 1. The third kappa shape index (κ3) is 8.39. The van der Waals surface area contributed by atoms with Gasteiger partial charge in [0.15, 0.2) is 0 Å². The number of carbonyl (C=O) groups excluding carboxylic acids is 1. The number of benzene rings is 1. The first-order valence-electron chi connectivity index (χ1n) is 9.80. The van der Waals surface area contributed by atoms with Gasteiger partial charge in [-0.15, -0.1) is 0 Å². The lowest BCUT2D eigenvalue weighted by molar-refractivity contribution is 0.0486. The molecule has 0 bridgehead atoms.